The second-order valence-corrected chi connectivity index (χ2v) is 8.41. The highest BCUT2D eigenvalue weighted by molar-refractivity contribution is 6.30. The summed E-state index contributed by atoms with van der Waals surface area (Å²) in [6, 6.07) is 16.1. The molecular formula is C23H26ClN5O3. The van der Waals surface area contributed by atoms with Crippen molar-refractivity contribution >= 4 is 35.1 Å². The molecule has 1 atom stereocenters. The molecule has 2 heterocycles. The Kier molecular flexibility index (Phi) is 6.34. The second-order valence-electron chi connectivity index (χ2n) is 7.97. The third kappa shape index (κ3) is 4.28. The van der Waals surface area contributed by atoms with E-state index in [4.69, 9.17) is 11.6 Å². The molecule has 9 heteroatoms. The topological polar surface area (TPSA) is 85.0 Å². The lowest BCUT2D eigenvalue weighted by Gasteiger charge is -2.36. The van der Waals surface area contributed by atoms with Crippen LogP contribution in [-0.2, 0) is 15.1 Å². The summed E-state index contributed by atoms with van der Waals surface area (Å²) in [6.45, 7) is 4.81. The molecule has 2 fully saturated rings. The van der Waals surface area contributed by atoms with Crippen LogP contribution in [0.4, 0.5) is 10.5 Å². The average Bonchev–Trinajstić information content (AvgIpc) is 3.05. The lowest BCUT2D eigenvalue weighted by atomic mass is 9.87. The Bertz CT molecular complexity index is 1010. The number of carbonyl (C=O) groups is 3. The van der Waals surface area contributed by atoms with E-state index in [9.17, 15) is 14.4 Å². The number of rotatable bonds is 6. The number of urea groups is 1. The molecule has 0 radical (unpaired) electrons. The predicted molar refractivity (Wildman–Crippen MR) is 122 cm³/mol. The van der Waals surface area contributed by atoms with Crippen molar-refractivity contribution in [3.63, 3.8) is 0 Å². The molecule has 168 valence electrons. The van der Waals surface area contributed by atoms with Gasteiger partial charge in [0.15, 0.2) is 0 Å². The van der Waals surface area contributed by atoms with Crippen molar-refractivity contribution < 1.29 is 14.4 Å². The van der Waals surface area contributed by atoms with Gasteiger partial charge < -0.3 is 10.2 Å². The monoisotopic (exact) mass is 455 g/mol. The molecule has 4 rings (SSSR count). The molecule has 2 saturated heterocycles. The Morgan fingerprint density at radius 3 is 2.44 bits per heavy atom. The molecule has 0 aliphatic carbocycles. The zero-order valence-corrected chi connectivity index (χ0v) is 18.6. The third-order valence-electron chi connectivity index (χ3n) is 6.04. The molecule has 2 aromatic rings. The van der Waals surface area contributed by atoms with Gasteiger partial charge in [-0.15, -0.1) is 0 Å². The largest absolute Gasteiger partial charge is 0.369 e. The Balaban J connectivity index is 1.34. The zero-order chi connectivity index (χ0) is 22.7. The molecule has 0 spiro atoms. The molecule has 0 bridgehead atoms. The minimum Gasteiger partial charge on any atom is -0.369 e. The third-order valence-corrected chi connectivity index (χ3v) is 6.27. The van der Waals surface area contributed by atoms with Crippen molar-refractivity contribution in [3.05, 3.63) is 65.2 Å². The number of nitrogens with zero attached hydrogens (tertiary/aromatic N) is 3. The normalized spacial score (nSPS) is 21.6. The van der Waals surface area contributed by atoms with Crippen molar-refractivity contribution in [3.8, 4) is 0 Å². The molecule has 2 N–H and O–H groups in total. The number of carbonyl (C=O) groups excluding carboxylic acids is 3. The number of hydrogen-bond donors (Lipinski definition) is 2. The Morgan fingerprint density at radius 2 is 1.78 bits per heavy atom. The van der Waals surface area contributed by atoms with Crippen LogP contribution in [0.3, 0.4) is 0 Å². The van der Waals surface area contributed by atoms with E-state index in [1.54, 1.807) is 12.1 Å². The number of imide groups is 1. The predicted octanol–water partition coefficient (Wildman–Crippen LogP) is 2.35. The van der Waals surface area contributed by atoms with Gasteiger partial charge in [-0.05, 0) is 30.2 Å². The smallest absolute Gasteiger partial charge is 0.344 e. The van der Waals surface area contributed by atoms with E-state index >= 15 is 0 Å². The molecule has 4 amide bonds. The van der Waals surface area contributed by atoms with Gasteiger partial charge in [-0.1, -0.05) is 54.9 Å². The Labute approximate surface area is 192 Å². The molecule has 0 aromatic heterocycles. The lowest BCUT2D eigenvalue weighted by Crippen LogP contribution is -2.53. The van der Waals surface area contributed by atoms with Crippen LogP contribution in [0.25, 0.3) is 0 Å². The summed E-state index contributed by atoms with van der Waals surface area (Å²) in [7, 11) is 0. The van der Waals surface area contributed by atoms with E-state index in [1.807, 2.05) is 54.3 Å². The van der Waals surface area contributed by atoms with E-state index in [2.05, 4.69) is 15.6 Å². The maximum Gasteiger partial charge on any atom is 0.344 e. The molecule has 2 aliphatic rings. The summed E-state index contributed by atoms with van der Waals surface area (Å²) in [4.78, 5) is 42.5. The first kappa shape index (κ1) is 22.1. The van der Waals surface area contributed by atoms with Crippen LogP contribution in [0.5, 0.6) is 0 Å². The van der Waals surface area contributed by atoms with Gasteiger partial charge in [-0.3, -0.25) is 19.9 Å². The summed E-state index contributed by atoms with van der Waals surface area (Å²) < 4.78 is 0. The summed E-state index contributed by atoms with van der Waals surface area (Å²) in [5.74, 6) is -0.875. The van der Waals surface area contributed by atoms with Gasteiger partial charge in [0.25, 0.3) is 11.8 Å². The van der Waals surface area contributed by atoms with Crippen LogP contribution >= 0.6 is 11.6 Å². The molecule has 8 nitrogen and oxygen atoms in total. The average molecular weight is 456 g/mol. The lowest BCUT2D eigenvalue weighted by molar-refractivity contribution is -0.139. The van der Waals surface area contributed by atoms with Crippen molar-refractivity contribution in [1.82, 2.24) is 20.7 Å². The maximum atomic E-state index is 13.1. The first-order valence-electron chi connectivity index (χ1n) is 10.7. The second kappa shape index (κ2) is 9.18. The van der Waals surface area contributed by atoms with E-state index in [0.717, 1.165) is 23.8 Å². The van der Waals surface area contributed by atoms with E-state index in [-0.39, 0.29) is 6.54 Å². The molecule has 0 saturated carbocycles. The first-order chi connectivity index (χ1) is 15.4. The maximum absolute atomic E-state index is 13.1. The van der Waals surface area contributed by atoms with Crippen molar-refractivity contribution in [2.24, 2.45) is 0 Å². The molecule has 0 unspecified atom stereocenters. The van der Waals surface area contributed by atoms with Crippen LogP contribution in [-0.4, -0.2) is 60.5 Å². The number of anilines is 1. The van der Waals surface area contributed by atoms with Crippen LogP contribution in [0.2, 0.25) is 5.02 Å². The standard InChI is InChI=1S/C23H26ClN5O3/c1-2-23(17-7-4-3-5-8-17)21(31)29(22(32)25-23)26-20(30)16-27-11-13-28(14-12-27)19-10-6-9-18(24)15-19/h3-10,15H,2,11-14,16H2,1H3,(H,25,32)(H,26,30)/t23-/m0/s1. The number of hydrogen-bond acceptors (Lipinski definition) is 5. The van der Waals surface area contributed by atoms with Gasteiger partial charge >= 0.3 is 6.03 Å². The van der Waals surface area contributed by atoms with E-state index < -0.39 is 23.4 Å². The van der Waals surface area contributed by atoms with Crippen LogP contribution < -0.4 is 15.6 Å². The number of benzene rings is 2. The fourth-order valence-corrected chi connectivity index (χ4v) is 4.42. The zero-order valence-electron chi connectivity index (χ0n) is 17.9. The number of hydrazine groups is 1. The van der Waals surface area contributed by atoms with Gasteiger partial charge in [-0.2, -0.15) is 5.01 Å². The van der Waals surface area contributed by atoms with Crippen LogP contribution in [0.15, 0.2) is 54.6 Å². The Hall–Kier alpha value is -3.10. The molecule has 2 aliphatic heterocycles. The molecule has 32 heavy (non-hydrogen) atoms. The van der Waals surface area contributed by atoms with Crippen molar-refractivity contribution in [1.29, 1.82) is 0 Å². The van der Waals surface area contributed by atoms with Gasteiger partial charge in [0.1, 0.15) is 5.54 Å². The fraction of sp³-hybridized carbons (Fsp3) is 0.348. The van der Waals surface area contributed by atoms with Gasteiger partial charge in [0.2, 0.25) is 0 Å². The SMILES string of the molecule is CC[C@@]1(c2ccccc2)NC(=O)N(NC(=O)CN2CCN(c3cccc(Cl)c3)CC2)C1=O. The highest BCUT2D eigenvalue weighted by Crippen LogP contribution is 2.31. The van der Waals surface area contributed by atoms with E-state index in [1.165, 1.54) is 0 Å². The van der Waals surface area contributed by atoms with Gasteiger partial charge in [0, 0.05) is 36.9 Å². The summed E-state index contributed by atoms with van der Waals surface area (Å²) in [5.41, 5.74) is 3.07. The number of halogens is 1. The number of amides is 4. The van der Waals surface area contributed by atoms with Gasteiger partial charge in [-0.25, -0.2) is 4.79 Å². The van der Waals surface area contributed by atoms with E-state index in [0.29, 0.717) is 30.1 Å². The van der Waals surface area contributed by atoms with Crippen LogP contribution in [0.1, 0.15) is 18.9 Å². The quantitative estimate of drug-likeness (QED) is 0.653. The molecule has 2 aromatic carbocycles. The number of piperazine rings is 1. The Morgan fingerprint density at radius 1 is 1.06 bits per heavy atom. The van der Waals surface area contributed by atoms with Crippen molar-refractivity contribution in [2.75, 3.05) is 37.6 Å². The molecular weight excluding hydrogens is 430 g/mol. The summed E-state index contributed by atoms with van der Waals surface area (Å²) in [6.07, 6.45) is 0.374. The minimum absolute atomic E-state index is 0.102. The van der Waals surface area contributed by atoms with Crippen LogP contribution in [0, 0.1) is 0 Å². The van der Waals surface area contributed by atoms with Gasteiger partial charge in [0.05, 0.1) is 6.54 Å². The summed E-state index contributed by atoms with van der Waals surface area (Å²) in [5, 5.41) is 4.26. The highest BCUT2D eigenvalue weighted by Gasteiger charge is 2.52. The van der Waals surface area contributed by atoms with Crippen molar-refractivity contribution in [2.45, 2.75) is 18.9 Å². The highest BCUT2D eigenvalue weighted by atomic mass is 35.5. The summed E-state index contributed by atoms with van der Waals surface area (Å²) >= 11 is 6.08. The fourth-order valence-electron chi connectivity index (χ4n) is 4.24. The first-order valence-corrected chi connectivity index (χ1v) is 11.1. The minimum atomic E-state index is -1.17. The number of nitrogens with one attached hydrogen (secondary N) is 2.